The van der Waals surface area contributed by atoms with Crippen LogP contribution in [0.25, 0.3) is 0 Å². The van der Waals surface area contributed by atoms with Gasteiger partial charge in [0.1, 0.15) is 11.8 Å². The van der Waals surface area contributed by atoms with Gasteiger partial charge in [-0.25, -0.2) is 4.79 Å². The summed E-state index contributed by atoms with van der Waals surface area (Å²) in [6.07, 6.45) is 26.6. The van der Waals surface area contributed by atoms with Crippen molar-refractivity contribution in [1.29, 1.82) is 0 Å². The number of amides is 1. The molecule has 1 atom stereocenters. The van der Waals surface area contributed by atoms with Crippen LogP contribution < -0.4 is 5.32 Å². The van der Waals surface area contributed by atoms with E-state index in [2.05, 4.69) is 24.4 Å². The zero-order chi connectivity index (χ0) is 26.3. The van der Waals surface area contributed by atoms with Gasteiger partial charge in [0.15, 0.2) is 0 Å². The molecule has 204 valence electrons. The third kappa shape index (κ3) is 18.0. The molecule has 0 spiro atoms. The second-order valence-corrected chi connectivity index (χ2v) is 10.1. The van der Waals surface area contributed by atoms with E-state index in [-0.39, 0.29) is 18.1 Å². The molecule has 0 radical (unpaired) electrons. The lowest BCUT2D eigenvalue weighted by atomic mass is 10.0. The Morgan fingerprint density at radius 2 is 1.22 bits per heavy atom. The van der Waals surface area contributed by atoms with Crippen molar-refractivity contribution in [3.8, 4) is 5.75 Å². The summed E-state index contributed by atoms with van der Waals surface area (Å²) in [5.74, 6) is -1.11. The fourth-order valence-corrected chi connectivity index (χ4v) is 4.40. The summed E-state index contributed by atoms with van der Waals surface area (Å²) in [6.45, 7) is 2.26. The van der Waals surface area contributed by atoms with Crippen molar-refractivity contribution in [2.75, 3.05) is 0 Å². The van der Waals surface area contributed by atoms with Gasteiger partial charge in [-0.3, -0.25) is 4.79 Å². The molecule has 0 unspecified atom stereocenters. The van der Waals surface area contributed by atoms with E-state index in [4.69, 9.17) is 0 Å². The maximum absolute atomic E-state index is 12.2. The molecule has 3 N–H and O–H groups in total. The molecule has 1 aromatic rings. The fourth-order valence-electron chi connectivity index (χ4n) is 4.40. The molecule has 0 fully saturated rings. The summed E-state index contributed by atoms with van der Waals surface area (Å²) in [6, 6.07) is 5.44. The molecule has 0 heterocycles. The van der Waals surface area contributed by atoms with E-state index in [1.54, 1.807) is 12.1 Å². The molecule has 0 bridgehead atoms. The fraction of sp³-hybridized carbons (Fsp3) is 0.677. The molecular formula is C31H51NO4. The number of carboxylic acids is 1. The molecule has 36 heavy (non-hydrogen) atoms. The van der Waals surface area contributed by atoms with E-state index in [0.29, 0.717) is 6.42 Å². The molecule has 5 nitrogen and oxygen atoms in total. The minimum Gasteiger partial charge on any atom is -0.508 e. The van der Waals surface area contributed by atoms with Crippen LogP contribution in [0.2, 0.25) is 0 Å². The van der Waals surface area contributed by atoms with E-state index in [9.17, 15) is 19.8 Å². The number of benzene rings is 1. The van der Waals surface area contributed by atoms with Crippen molar-refractivity contribution in [2.24, 2.45) is 0 Å². The second-order valence-electron chi connectivity index (χ2n) is 10.1. The van der Waals surface area contributed by atoms with Crippen LogP contribution in [-0.2, 0) is 16.0 Å². The molecule has 1 aromatic carbocycles. The summed E-state index contributed by atoms with van der Waals surface area (Å²) in [4.78, 5) is 23.7. The summed E-state index contributed by atoms with van der Waals surface area (Å²) < 4.78 is 0. The number of rotatable bonds is 23. The van der Waals surface area contributed by atoms with Crippen LogP contribution in [0.3, 0.4) is 0 Å². The Kier molecular flexibility index (Phi) is 19.3. The lowest BCUT2D eigenvalue weighted by Gasteiger charge is -2.14. The number of allylic oxidation sites excluding steroid dienone is 2. The Bertz CT molecular complexity index is 714. The minimum atomic E-state index is -1.04. The van der Waals surface area contributed by atoms with Gasteiger partial charge in [-0.1, -0.05) is 108 Å². The minimum absolute atomic E-state index is 0.136. The zero-order valence-corrected chi connectivity index (χ0v) is 22.7. The Balaban J connectivity index is 1.93. The molecule has 0 saturated carbocycles. The quantitative estimate of drug-likeness (QED) is 0.104. The van der Waals surface area contributed by atoms with Crippen molar-refractivity contribution in [1.82, 2.24) is 5.32 Å². The molecule has 0 saturated heterocycles. The summed E-state index contributed by atoms with van der Waals surface area (Å²) >= 11 is 0. The molecule has 5 heteroatoms. The average molecular weight is 502 g/mol. The maximum atomic E-state index is 12.2. The highest BCUT2D eigenvalue weighted by Gasteiger charge is 2.20. The molecular weight excluding hydrogens is 450 g/mol. The Hall–Kier alpha value is -2.30. The number of aromatic hydroxyl groups is 1. The first-order valence-corrected chi connectivity index (χ1v) is 14.5. The highest BCUT2D eigenvalue weighted by molar-refractivity contribution is 5.83. The number of phenols is 1. The van der Waals surface area contributed by atoms with Gasteiger partial charge < -0.3 is 15.5 Å². The van der Waals surface area contributed by atoms with E-state index in [1.165, 1.54) is 102 Å². The van der Waals surface area contributed by atoms with Crippen LogP contribution in [0.4, 0.5) is 0 Å². The van der Waals surface area contributed by atoms with Gasteiger partial charge in [0.25, 0.3) is 0 Å². The Labute approximate surface area is 219 Å². The average Bonchev–Trinajstić information content (AvgIpc) is 2.86. The Morgan fingerprint density at radius 3 is 1.72 bits per heavy atom. The maximum Gasteiger partial charge on any atom is 0.326 e. The second kappa shape index (κ2) is 21.9. The van der Waals surface area contributed by atoms with Gasteiger partial charge in [0.05, 0.1) is 0 Å². The number of hydrogen-bond acceptors (Lipinski definition) is 3. The van der Waals surface area contributed by atoms with Gasteiger partial charge in [-0.05, 0) is 49.8 Å². The highest BCUT2D eigenvalue weighted by atomic mass is 16.4. The lowest BCUT2D eigenvalue weighted by molar-refractivity contribution is -0.141. The van der Waals surface area contributed by atoms with Crippen molar-refractivity contribution >= 4 is 11.9 Å². The Morgan fingerprint density at radius 1 is 0.750 bits per heavy atom. The highest BCUT2D eigenvalue weighted by Crippen LogP contribution is 2.14. The topological polar surface area (TPSA) is 86.6 Å². The SMILES string of the molecule is CCCCCCCC/C=C\CCCCCCCCCCCC(=O)N[C@@H](Cc1ccc(O)cc1)C(=O)O. The van der Waals surface area contributed by atoms with E-state index < -0.39 is 12.0 Å². The standard InChI is InChI=1S/C31H51NO4/c1-2-3-4-5-6-7-8-9-10-11-12-13-14-15-16-17-18-19-20-21-30(34)32-29(31(35)36)26-27-22-24-28(33)25-23-27/h9-10,22-25,29,33H,2-8,11-21,26H2,1H3,(H,32,34)(H,35,36)/b10-9-/t29-/m0/s1. The number of carbonyl (C=O) groups excluding carboxylic acids is 1. The predicted octanol–water partition coefficient (Wildman–Crippen LogP) is 8.10. The van der Waals surface area contributed by atoms with Gasteiger partial charge in [0, 0.05) is 12.8 Å². The number of carbonyl (C=O) groups is 2. The predicted molar refractivity (Wildman–Crippen MR) is 149 cm³/mol. The number of aliphatic carboxylic acids is 1. The largest absolute Gasteiger partial charge is 0.508 e. The van der Waals surface area contributed by atoms with E-state index in [1.807, 2.05) is 0 Å². The molecule has 0 aliphatic heterocycles. The van der Waals surface area contributed by atoms with E-state index >= 15 is 0 Å². The third-order valence-electron chi connectivity index (χ3n) is 6.68. The van der Waals surface area contributed by atoms with Crippen molar-refractivity contribution in [3.63, 3.8) is 0 Å². The molecule has 0 aliphatic rings. The van der Waals surface area contributed by atoms with Gasteiger partial charge in [0.2, 0.25) is 5.91 Å². The summed E-state index contributed by atoms with van der Waals surface area (Å²) in [7, 11) is 0. The molecule has 1 rings (SSSR count). The monoisotopic (exact) mass is 501 g/mol. The molecule has 0 aromatic heterocycles. The normalized spacial score (nSPS) is 12.1. The molecule has 1 amide bonds. The first-order chi connectivity index (χ1) is 17.5. The number of nitrogens with one attached hydrogen (secondary N) is 1. The van der Waals surface area contributed by atoms with Crippen molar-refractivity contribution in [2.45, 2.75) is 135 Å². The number of phenolic OH excluding ortho intramolecular Hbond substituents is 1. The van der Waals surface area contributed by atoms with Crippen molar-refractivity contribution in [3.05, 3.63) is 42.0 Å². The summed E-state index contributed by atoms with van der Waals surface area (Å²) in [5, 5.41) is 21.4. The van der Waals surface area contributed by atoms with E-state index in [0.717, 1.165) is 24.8 Å². The third-order valence-corrected chi connectivity index (χ3v) is 6.68. The van der Waals surface area contributed by atoms with Crippen LogP contribution in [0.5, 0.6) is 5.75 Å². The zero-order valence-electron chi connectivity index (χ0n) is 22.7. The number of carboxylic acid groups (broad SMARTS) is 1. The van der Waals surface area contributed by atoms with Gasteiger partial charge >= 0.3 is 5.97 Å². The lowest BCUT2D eigenvalue weighted by Crippen LogP contribution is -2.42. The first kappa shape index (κ1) is 31.7. The van der Waals surface area contributed by atoms with Crippen LogP contribution in [0.1, 0.15) is 128 Å². The van der Waals surface area contributed by atoms with Gasteiger partial charge in [-0.2, -0.15) is 0 Å². The van der Waals surface area contributed by atoms with Crippen molar-refractivity contribution < 1.29 is 19.8 Å². The molecule has 0 aliphatic carbocycles. The number of hydrogen-bond donors (Lipinski definition) is 3. The van der Waals surface area contributed by atoms with Crippen LogP contribution >= 0.6 is 0 Å². The van der Waals surface area contributed by atoms with Crippen LogP contribution in [0.15, 0.2) is 36.4 Å². The summed E-state index contributed by atoms with van der Waals surface area (Å²) in [5.41, 5.74) is 0.764. The van der Waals surface area contributed by atoms with Gasteiger partial charge in [-0.15, -0.1) is 0 Å². The van der Waals surface area contributed by atoms with Crippen LogP contribution in [-0.4, -0.2) is 28.1 Å². The number of unbranched alkanes of at least 4 members (excludes halogenated alkanes) is 15. The first-order valence-electron chi connectivity index (χ1n) is 14.5. The van der Waals surface area contributed by atoms with Crippen LogP contribution in [0, 0.1) is 0 Å². The smallest absolute Gasteiger partial charge is 0.326 e.